The van der Waals surface area contributed by atoms with Gasteiger partial charge in [-0.1, -0.05) is 42.5 Å². The van der Waals surface area contributed by atoms with Crippen molar-refractivity contribution in [1.82, 2.24) is 19.6 Å². The molecule has 0 aliphatic rings. The second-order valence-corrected chi connectivity index (χ2v) is 6.02. The third-order valence-corrected chi connectivity index (χ3v) is 4.26. The average molecular weight is 341 g/mol. The SMILES string of the molecule is C/C=C/Cc1ccccc1-c1cc(N)n2nc(-c3ccccn3)nc2c1. The Morgan fingerprint density at radius 3 is 2.73 bits per heavy atom. The molecule has 26 heavy (non-hydrogen) atoms. The topological polar surface area (TPSA) is 69.1 Å². The molecule has 0 saturated carbocycles. The van der Waals surface area contributed by atoms with Crippen molar-refractivity contribution in [2.45, 2.75) is 13.3 Å². The first-order valence-electron chi connectivity index (χ1n) is 8.53. The van der Waals surface area contributed by atoms with E-state index in [1.807, 2.05) is 43.3 Å². The summed E-state index contributed by atoms with van der Waals surface area (Å²) < 4.78 is 1.65. The molecule has 0 amide bonds. The first-order chi connectivity index (χ1) is 12.8. The van der Waals surface area contributed by atoms with Gasteiger partial charge >= 0.3 is 0 Å². The number of benzene rings is 1. The van der Waals surface area contributed by atoms with E-state index in [2.05, 4.69) is 45.4 Å². The van der Waals surface area contributed by atoms with Crippen LogP contribution < -0.4 is 5.73 Å². The van der Waals surface area contributed by atoms with Crippen LogP contribution in [0, 0.1) is 0 Å². The zero-order valence-electron chi connectivity index (χ0n) is 14.5. The molecule has 5 nitrogen and oxygen atoms in total. The molecule has 3 aromatic heterocycles. The fraction of sp³-hybridized carbons (Fsp3) is 0.0952. The predicted molar refractivity (Wildman–Crippen MR) is 105 cm³/mol. The lowest BCUT2D eigenvalue weighted by Crippen LogP contribution is -1.99. The summed E-state index contributed by atoms with van der Waals surface area (Å²) in [6.45, 7) is 2.03. The lowest BCUT2D eigenvalue weighted by molar-refractivity contribution is 0.974. The number of fused-ring (bicyclic) bond motifs is 1. The molecule has 0 fully saturated rings. The van der Waals surface area contributed by atoms with Crippen LogP contribution in [0.3, 0.4) is 0 Å². The number of nitrogens with two attached hydrogens (primary N) is 1. The quantitative estimate of drug-likeness (QED) is 0.566. The molecular weight excluding hydrogens is 322 g/mol. The maximum atomic E-state index is 6.26. The van der Waals surface area contributed by atoms with Crippen LogP contribution in [0.25, 0.3) is 28.3 Å². The number of hydrogen-bond acceptors (Lipinski definition) is 4. The Hall–Kier alpha value is -3.47. The molecule has 0 atom stereocenters. The highest BCUT2D eigenvalue weighted by Gasteiger charge is 2.12. The number of hydrogen-bond donors (Lipinski definition) is 1. The van der Waals surface area contributed by atoms with Crippen LogP contribution in [0.1, 0.15) is 12.5 Å². The van der Waals surface area contributed by atoms with Gasteiger partial charge in [0.2, 0.25) is 5.82 Å². The Labute approximate surface area is 151 Å². The monoisotopic (exact) mass is 341 g/mol. The van der Waals surface area contributed by atoms with Crippen LogP contribution >= 0.6 is 0 Å². The number of nitrogens with zero attached hydrogens (tertiary/aromatic N) is 4. The van der Waals surface area contributed by atoms with Crippen molar-refractivity contribution >= 4 is 11.5 Å². The smallest absolute Gasteiger partial charge is 0.200 e. The number of pyridine rings is 2. The van der Waals surface area contributed by atoms with E-state index in [9.17, 15) is 0 Å². The van der Waals surface area contributed by atoms with Gasteiger partial charge in [-0.15, -0.1) is 5.10 Å². The van der Waals surface area contributed by atoms with Gasteiger partial charge < -0.3 is 5.73 Å². The number of allylic oxidation sites excluding steroid dienone is 2. The maximum absolute atomic E-state index is 6.26. The fourth-order valence-electron chi connectivity index (χ4n) is 2.99. The van der Waals surface area contributed by atoms with Crippen molar-refractivity contribution in [1.29, 1.82) is 0 Å². The Balaban J connectivity index is 1.83. The van der Waals surface area contributed by atoms with E-state index in [1.165, 1.54) is 5.56 Å². The maximum Gasteiger partial charge on any atom is 0.200 e. The summed E-state index contributed by atoms with van der Waals surface area (Å²) >= 11 is 0. The molecule has 0 aliphatic heterocycles. The number of nitrogen functional groups attached to an aromatic ring is 1. The molecule has 128 valence electrons. The standard InChI is InChI=1S/C21H19N5/c1-2-3-8-15-9-4-5-10-17(15)16-13-19(22)26-20(14-16)24-21(25-26)18-11-6-7-12-23-18/h2-7,9-14H,8,22H2,1H3/b3-2+. The van der Waals surface area contributed by atoms with E-state index in [0.717, 1.165) is 23.2 Å². The summed E-state index contributed by atoms with van der Waals surface area (Å²) in [6, 6.07) is 18.0. The first-order valence-corrected chi connectivity index (χ1v) is 8.53. The van der Waals surface area contributed by atoms with Crippen LogP contribution in [-0.4, -0.2) is 19.6 Å². The molecule has 0 radical (unpaired) electrons. The highest BCUT2D eigenvalue weighted by molar-refractivity contribution is 5.74. The minimum atomic E-state index is 0.549. The molecule has 0 aliphatic carbocycles. The molecule has 0 saturated heterocycles. The van der Waals surface area contributed by atoms with Gasteiger partial charge in [0.25, 0.3) is 0 Å². The van der Waals surface area contributed by atoms with E-state index < -0.39 is 0 Å². The van der Waals surface area contributed by atoms with E-state index in [4.69, 9.17) is 5.73 Å². The molecule has 3 heterocycles. The van der Waals surface area contributed by atoms with E-state index in [-0.39, 0.29) is 0 Å². The molecule has 0 bridgehead atoms. The van der Waals surface area contributed by atoms with Gasteiger partial charge in [-0.3, -0.25) is 4.98 Å². The summed E-state index contributed by atoms with van der Waals surface area (Å²) in [5.74, 6) is 1.12. The Morgan fingerprint density at radius 2 is 1.92 bits per heavy atom. The van der Waals surface area contributed by atoms with Gasteiger partial charge in [-0.25, -0.2) is 4.98 Å². The number of rotatable bonds is 4. The van der Waals surface area contributed by atoms with Crippen molar-refractivity contribution in [3.8, 4) is 22.6 Å². The molecule has 2 N–H and O–H groups in total. The zero-order chi connectivity index (χ0) is 17.9. The number of aromatic nitrogens is 4. The van der Waals surface area contributed by atoms with Crippen LogP contribution in [0.4, 0.5) is 5.82 Å². The van der Waals surface area contributed by atoms with Crippen molar-refractivity contribution in [2.24, 2.45) is 0 Å². The molecule has 5 heteroatoms. The molecular formula is C21H19N5. The second kappa shape index (κ2) is 6.80. The molecule has 1 aromatic carbocycles. The summed E-state index contributed by atoms with van der Waals surface area (Å²) in [6.07, 6.45) is 6.82. The average Bonchev–Trinajstić information content (AvgIpc) is 3.12. The Bertz CT molecular complexity index is 1080. The minimum absolute atomic E-state index is 0.549. The van der Waals surface area contributed by atoms with E-state index in [0.29, 0.717) is 17.3 Å². The van der Waals surface area contributed by atoms with Crippen LogP contribution in [0.2, 0.25) is 0 Å². The largest absolute Gasteiger partial charge is 0.384 e. The van der Waals surface area contributed by atoms with Gasteiger partial charge in [-0.05, 0) is 54.3 Å². The van der Waals surface area contributed by atoms with Gasteiger partial charge in [-0.2, -0.15) is 4.52 Å². The van der Waals surface area contributed by atoms with Crippen molar-refractivity contribution in [2.75, 3.05) is 5.73 Å². The van der Waals surface area contributed by atoms with Crippen LogP contribution in [0.15, 0.2) is 72.9 Å². The van der Waals surface area contributed by atoms with Gasteiger partial charge in [0.1, 0.15) is 11.5 Å². The zero-order valence-corrected chi connectivity index (χ0v) is 14.5. The Kier molecular flexibility index (Phi) is 4.19. The van der Waals surface area contributed by atoms with Crippen LogP contribution in [-0.2, 0) is 6.42 Å². The van der Waals surface area contributed by atoms with Gasteiger partial charge in [0.15, 0.2) is 5.65 Å². The van der Waals surface area contributed by atoms with Crippen molar-refractivity contribution in [3.05, 3.63) is 78.5 Å². The fourth-order valence-corrected chi connectivity index (χ4v) is 2.99. The normalized spacial score (nSPS) is 11.4. The van der Waals surface area contributed by atoms with E-state index >= 15 is 0 Å². The lowest BCUT2D eigenvalue weighted by atomic mass is 9.98. The summed E-state index contributed by atoms with van der Waals surface area (Å²) in [4.78, 5) is 8.93. The minimum Gasteiger partial charge on any atom is -0.384 e. The summed E-state index contributed by atoms with van der Waals surface area (Å²) in [5, 5.41) is 4.50. The van der Waals surface area contributed by atoms with Crippen molar-refractivity contribution < 1.29 is 0 Å². The molecule has 0 spiro atoms. The third kappa shape index (κ3) is 2.95. The summed E-state index contributed by atoms with van der Waals surface area (Å²) in [7, 11) is 0. The lowest BCUT2D eigenvalue weighted by Gasteiger charge is -2.09. The van der Waals surface area contributed by atoms with E-state index in [1.54, 1.807) is 10.7 Å². The van der Waals surface area contributed by atoms with Gasteiger partial charge in [0.05, 0.1) is 0 Å². The summed E-state index contributed by atoms with van der Waals surface area (Å²) in [5.41, 5.74) is 11.1. The van der Waals surface area contributed by atoms with Crippen LogP contribution in [0.5, 0.6) is 0 Å². The third-order valence-electron chi connectivity index (χ3n) is 4.26. The van der Waals surface area contributed by atoms with Gasteiger partial charge in [0, 0.05) is 6.20 Å². The highest BCUT2D eigenvalue weighted by atomic mass is 15.3. The Morgan fingerprint density at radius 1 is 1.08 bits per heavy atom. The molecule has 0 unspecified atom stereocenters. The number of anilines is 1. The molecule has 4 rings (SSSR count). The predicted octanol–water partition coefficient (Wildman–Crippen LogP) is 4.16. The highest BCUT2D eigenvalue weighted by Crippen LogP contribution is 2.28. The first kappa shape index (κ1) is 16.0. The molecule has 4 aromatic rings. The second-order valence-electron chi connectivity index (χ2n) is 6.02. The van der Waals surface area contributed by atoms with Crippen molar-refractivity contribution in [3.63, 3.8) is 0 Å².